The number of halogens is 1. The molecule has 2 fully saturated rings. The topological polar surface area (TPSA) is 59.6 Å². The number of amides is 1. The average Bonchev–Trinajstić information content (AvgIpc) is 2.90. The van der Waals surface area contributed by atoms with Crippen LogP contribution in [0.15, 0.2) is 0 Å². The number of rotatable bonds is 6. The molecule has 0 aromatic heterocycles. The van der Waals surface area contributed by atoms with Crippen LogP contribution in [0.3, 0.4) is 0 Å². The number of hydrogen-bond acceptors (Lipinski definition) is 5. The zero-order valence-electron chi connectivity index (χ0n) is 11.9. The van der Waals surface area contributed by atoms with Gasteiger partial charge in [-0.1, -0.05) is 0 Å². The highest BCUT2D eigenvalue weighted by Crippen LogP contribution is 2.10. The van der Waals surface area contributed by atoms with Gasteiger partial charge in [-0.2, -0.15) is 11.8 Å². The Kier molecular flexibility index (Phi) is 8.88. The van der Waals surface area contributed by atoms with Gasteiger partial charge in [-0.25, -0.2) is 0 Å². The molecule has 0 radical (unpaired) electrons. The van der Waals surface area contributed by atoms with Crippen LogP contribution in [-0.4, -0.2) is 62.0 Å². The van der Waals surface area contributed by atoms with Crippen LogP contribution >= 0.6 is 24.2 Å². The average molecular weight is 325 g/mol. The summed E-state index contributed by atoms with van der Waals surface area (Å²) in [6, 6.07) is 0.374. The molecule has 3 atom stereocenters. The SMILES string of the molecule is CC(COC1CCOC1)NC(=O)CC1CSCCN1.Cl. The summed E-state index contributed by atoms with van der Waals surface area (Å²) in [7, 11) is 0. The van der Waals surface area contributed by atoms with Gasteiger partial charge in [-0.05, 0) is 13.3 Å². The molecule has 2 heterocycles. The molecule has 0 aliphatic carbocycles. The maximum absolute atomic E-state index is 11.9. The minimum Gasteiger partial charge on any atom is -0.379 e. The lowest BCUT2D eigenvalue weighted by Gasteiger charge is -2.23. The predicted molar refractivity (Wildman–Crippen MR) is 83.8 cm³/mol. The van der Waals surface area contributed by atoms with Crippen molar-refractivity contribution in [3.05, 3.63) is 0 Å². The summed E-state index contributed by atoms with van der Waals surface area (Å²) in [5.41, 5.74) is 0. The van der Waals surface area contributed by atoms with Crippen LogP contribution in [0, 0.1) is 0 Å². The minimum atomic E-state index is 0. The van der Waals surface area contributed by atoms with Crippen LogP contribution < -0.4 is 10.6 Å². The van der Waals surface area contributed by atoms with Crippen molar-refractivity contribution in [2.24, 2.45) is 0 Å². The summed E-state index contributed by atoms with van der Waals surface area (Å²) in [4.78, 5) is 11.9. The Balaban J connectivity index is 0.00000200. The Morgan fingerprint density at radius 2 is 2.45 bits per heavy atom. The molecule has 0 spiro atoms. The first-order valence-corrected chi connectivity index (χ1v) is 8.19. The number of nitrogens with one attached hydrogen (secondary N) is 2. The molecular formula is C13H25ClN2O3S. The maximum Gasteiger partial charge on any atom is 0.221 e. The van der Waals surface area contributed by atoms with E-state index in [0.29, 0.717) is 25.7 Å². The molecule has 20 heavy (non-hydrogen) atoms. The fourth-order valence-corrected chi connectivity index (χ4v) is 3.22. The highest BCUT2D eigenvalue weighted by atomic mass is 35.5. The van der Waals surface area contributed by atoms with E-state index in [1.807, 2.05) is 18.7 Å². The van der Waals surface area contributed by atoms with Gasteiger partial charge in [0.2, 0.25) is 5.91 Å². The summed E-state index contributed by atoms with van der Waals surface area (Å²) in [5, 5.41) is 6.37. The summed E-state index contributed by atoms with van der Waals surface area (Å²) >= 11 is 1.91. The number of carbonyl (C=O) groups excluding carboxylic acids is 1. The molecular weight excluding hydrogens is 300 g/mol. The van der Waals surface area contributed by atoms with E-state index in [1.54, 1.807) is 0 Å². The van der Waals surface area contributed by atoms with E-state index in [9.17, 15) is 4.79 Å². The molecule has 0 aromatic carbocycles. The van der Waals surface area contributed by atoms with Crippen molar-refractivity contribution in [2.75, 3.05) is 37.9 Å². The van der Waals surface area contributed by atoms with Crippen LogP contribution in [-0.2, 0) is 14.3 Å². The van der Waals surface area contributed by atoms with Gasteiger partial charge in [0.15, 0.2) is 0 Å². The molecule has 2 saturated heterocycles. The van der Waals surface area contributed by atoms with E-state index in [-0.39, 0.29) is 30.5 Å². The minimum absolute atomic E-state index is 0. The van der Waals surface area contributed by atoms with Crippen LogP contribution in [0.2, 0.25) is 0 Å². The lowest BCUT2D eigenvalue weighted by Crippen LogP contribution is -2.44. The lowest BCUT2D eigenvalue weighted by atomic mass is 10.2. The Morgan fingerprint density at radius 3 is 3.10 bits per heavy atom. The summed E-state index contributed by atoms with van der Waals surface area (Å²) in [6.07, 6.45) is 1.73. The van der Waals surface area contributed by atoms with Crippen molar-refractivity contribution >= 4 is 30.1 Å². The number of thioether (sulfide) groups is 1. The third-order valence-corrected chi connectivity index (χ3v) is 4.44. The largest absolute Gasteiger partial charge is 0.379 e. The molecule has 3 unspecified atom stereocenters. The number of ether oxygens (including phenoxy) is 2. The van der Waals surface area contributed by atoms with Crippen LogP contribution in [0.25, 0.3) is 0 Å². The first kappa shape index (κ1) is 18.0. The Hall–Kier alpha value is -0.0100. The van der Waals surface area contributed by atoms with E-state index in [1.165, 1.54) is 0 Å². The third-order valence-electron chi connectivity index (χ3n) is 3.31. The van der Waals surface area contributed by atoms with Gasteiger partial charge in [0, 0.05) is 43.2 Å². The molecule has 2 rings (SSSR count). The molecule has 2 aliphatic rings. The molecule has 2 aliphatic heterocycles. The number of hydrogen-bond donors (Lipinski definition) is 2. The molecule has 5 nitrogen and oxygen atoms in total. The second-order valence-electron chi connectivity index (χ2n) is 5.22. The Bertz CT molecular complexity index is 285. The monoisotopic (exact) mass is 324 g/mol. The van der Waals surface area contributed by atoms with Crippen LogP contribution in [0.4, 0.5) is 0 Å². The zero-order valence-corrected chi connectivity index (χ0v) is 13.6. The van der Waals surface area contributed by atoms with Gasteiger partial charge in [0.25, 0.3) is 0 Å². The molecule has 7 heteroatoms. The van der Waals surface area contributed by atoms with Crippen molar-refractivity contribution in [3.63, 3.8) is 0 Å². The summed E-state index contributed by atoms with van der Waals surface area (Å²) in [5.74, 6) is 2.28. The summed E-state index contributed by atoms with van der Waals surface area (Å²) in [6.45, 7) is 5.02. The second-order valence-corrected chi connectivity index (χ2v) is 6.37. The standard InChI is InChI=1S/C13H24N2O3S.ClH/c1-10(7-18-12-2-4-17-8-12)15-13(16)6-11-9-19-5-3-14-11;/h10-12,14H,2-9H2,1H3,(H,15,16);1H. The number of carbonyl (C=O) groups is 1. The van der Waals surface area contributed by atoms with E-state index >= 15 is 0 Å². The maximum atomic E-state index is 11.9. The van der Waals surface area contributed by atoms with E-state index in [2.05, 4.69) is 10.6 Å². The van der Waals surface area contributed by atoms with Gasteiger partial charge in [0.05, 0.1) is 19.3 Å². The van der Waals surface area contributed by atoms with Crippen molar-refractivity contribution < 1.29 is 14.3 Å². The lowest BCUT2D eigenvalue weighted by molar-refractivity contribution is -0.122. The molecule has 0 aromatic rings. The van der Waals surface area contributed by atoms with Gasteiger partial charge < -0.3 is 20.1 Å². The fraction of sp³-hybridized carbons (Fsp3) is 0.923. The van der Waals surface area contributed by atoms with Gasteiger partial charge in [-0.15, -0.1) is 12.4 Å². The highest BCUT2D eigenvalue weighted by molar-refractivity contribution is 7.99. The Morgan fingerprint density at radius 1 is 1.60 bits per heavy atom. The third kappa shape index (κ3) is 6.63. The van der Waals surface area contributed by atoms with Crippen molar-refractivity contribution in [1.82, 2.24) is 10.6 Å². The van der Waals surface area contributed by atoms with E-state index < -0.39 is 0 Å². The molecule has 2 N–H and O–H groups in total. The predicted octanol–water partition coefficient (Wildman–Crippen LogP) is 0.814. The van der Waals surface area contributed by atoms with Crippen molar-refractivity contribution in [3.8, 4) is 0 Å². The van der Waals surface area contributed by atoms with Crippen molar-refractivity contribution in [2.45, 2.75) is 38.0 Å². The normalized spacial score (nSPS) is 27.6. The fourth-order valence-electron chi connectivity index (χ4n) is 2.27. The molecule has 1 amide bonds. The smallest absolute Gasteiger partial charge is 0.221 e. The molecule has 0 bridgehead atoms. The van der Waals surface area contributed by atoms with E-state index in [4.69, 9.17) is 9.47 Å². The molecule has 0 saturated carbocycles. The first-order chi connectivity index (χ1) is 9.24. The molecule has 118 valence electrons. The van der Waals surface area contributed by atoms with Gasteiger partial charge in [-0.3, -0.25) is 4.79 Å². The van der Waals surface area contributed by atoms with E-state index in [0.717, 1.165) is 31.1 Å². The van der Waals surface area contributed by atoms with Crippen LogP contribution in [0.5, 0.6) is 0 Å². The zero-order chi connectivity index (χ0) is 13.5. The van der Waals surface area contributed by atoms with Crippen molar-refractivity contribution in [1.29, 1.82) is 0 Å². The van der Waals surface area contributed by atoms with Gasteiger partial charge in [0.1, 0.15) is 0 Å². The van der Waals surface area contributed by atoms with Crippen LogP contribution in [0.1, 0.15) is 19.8 Å². The summed E-state index contributed by atoms with van der Waals surface area (Å²) < 4.78 is 10.9. The van der Waals surface area contributed by atoms with Gasteiger partial charge >= 0.3 is 0 Å². The second kappa shape index (κ2) is 9.84. The Labute approximate surface area is 131 Å². The highest BCUT2D eigenvalue weighted by Gasteiger charge is 2.19. The first-order valence-electron chi connectivity index (χ1n) is 7.04. The quantitative estimate of drug-likeness (QED) is 0.757.